The van der Waals surface area contributed by atoms with Crippen molar-refractivity contribution in [1.29, 1.82) is 0 Å². The number of rotatable bonds is 2. The van der Waals surface area contributed by atoms with Gasteiger partial charge in [0.15, 0.2) is 0 Å². The standard InChI is InChI=1S/C11H12BrN3/c1-7-4-10-11(5-9(7)12)15(14-13-10)6-8-2-3-8/h4-5,8H,2-3,6H2,1H3. The van der Waals surface area contributed by atoms with Crippen LogP contribution in [0.5, 0.6) is 0 Å². The molecule has 1 aliphatic rings. The summed E-state index contributed by atoms with van der Waals surface area (Å²) in [5.41, 5.74) is 3.34. The Labute approximate surface area is 96.6 Å². The van der Waals surface area contributed by atoms with Crippen LogP contribution in [-0.2, 0) is 6.54 Å². The molecule has 0 radical (unpaired) electrons. The van der Waals surface area contributed by atoms with Crippen LogP contribution in [0.1, 0.15) is 18.4 Å². The molecule has 1 saturated carbocycles. The number of aryl methyl sites for hydroxylation is 1. The Kier molecular flexibility index (Phi) is 2.06. The Morgan fingerprint density at radius 2 is 2.27 bits per heavy atom. The maximum absolute atomic E-state index is 4.20. The highest BCUT2D eigenvalue weighted by Gasteiger charge is 2.23. The van der Waals surface area contributed by atoms with E-state index in [1.54, 1.807) is 0 Å². The van der Waals surface area contributed by atoms with E-state index in [1.807, 2.05) is 4.68 Å². The quantitative estimate of drug-likeness (QED) is 0.836. The molecular weight excluding hydrogens is 254 g/mol. The van der Waals surface area contributed by atoms with E-state index in [0.29, 0.717) is 0 Å². The zero-order valence-corrected chi connectivity index (χ0v) is 10.2. The minimum absolute atomic E-state index is 0.829. The van der Waals surface area contributed by atoms with Crippen molar-refractivity contribution in [2.75, 3.05) is 0 Å². The van der Waals surface area contributed by atoms with Gasteiger partial charge in [-0.25, -0.2) is 4.68 Å². The second kappa shape index (κ2) is 3.30. The summed E-state index contributed by atoms with van der Waals surface area (Å²) in [7, 11) is 0. The van der Waals surface area contributed by atoms with Crippen molar-refractivity contribution in [3.8, 4) is 0 Å². The summed E-state index contributed by atoms with van der Waals surface area (Å²) in [6, 6.07) is 4.20. The van der Waals surface area contributed by atoms with Crippen LogP contribution in [0.25, 0.3) is 11.0 Å². The van der Waals surface area contributed by atoms with Gasteiger partial charge in [-0.1, -0.05) is 21.1 Å². The third-order valence-corrected chi connectivity index (χ3v) is 3.78. The maximum atomic E-state index is 4.20. The molecule has 0 N–H and O–H groups in total. The fraction of sp³-hybridized carbons (Fsp3) is 0.455. The fourth-order valence-corrected chi connectivity index (χ4v) is 2.10. The number of fused-ring (bicyclic) bond motifs is 1. The Morgan fingerprint density at radius 3 is 3.00 bits per heavy atom. The predicted octanol–water partition coefficient (Wildman–Crippen LogP) is 2.91. The Morgan fingerprint density at radius 1 is 1.47 bits per heavy atom. The summed E-state index contributed by atoms with van der Waals surface area (Å²) < 4.78 is 3.16. The van der Waals surface area contributed by atoms with Crippen molar-refractivity contribution in [3.63, 3.8) is 0 Å². The average molecular weight is 266 g/mol. The first-order valence-electron chi connectivity index (χ1n) is 5.23. The largest absolute Gasteiger partial charge is 0.244 e. The summed E-state index contributed by atoms with van der Waals surface area (Å²) in [6.07, 6.45) is 2.68. The molecule has 0 unspecified atom stereocenters. The van der Waals surface area contributed by atoms with Gasteiger partial charge in [-0.3, -0.25) is 0 Å². The van der Waals surface area contributed by atoms with E-state index in [0.717, 1.165) is 28.0 Å². The van der Waals surface area contributed by atoms with E-state index in [9.17, 15) is 0 Å². The molecule has 0 atom stereocenters. The van der Waals surface area contributed by atoms with Crippen molar-refractivity contribution in [3.05, 3.63) is 22.2 Å². The normalized spacial score (nSPS) is 16.1. The summed E-state index contributed by atoms with van der Waals surface area (Å²) in [5, 5.41) is 8.40. The van der Waals surface area contributed by atoms with Crippen LogP contribution in [0.2, 0.25) is 0 Å². The van der Waals surface area contributed by atoms with Crippen LogP contribution in [-0.4, -0.2) is 15.0 Å². The topological polar surface area (TPSA) is 30.7 Å². The van der Waals surface area contributed by atoms with E-state index < -0.39 is 0 Å². The molecule has 0 bridgehead atoms. The first-order valence-corrected chi connectivity index (χ1v) is 6.02. The third kappa shape index (κ3) is 1.67. The number of hydrogen-bond donors (Lipinski definition) is 0. The molecule has 1 fully saturated rings. The van der Waals surface area contributed by atoms with Crippen LogP contribution in [0.15, 0.2) is 16.6 Å². The molecule has 15 heavy (non-hydrogen) atoms. The molecule has 0 spiro atoms. The first kappa shape index (κ1) is 9.33. The van der Waals surface area contributed by atoms with Gasteiger partial charge >= 0.3 is 0 Å². The number of nitrogens with zero attached hydrogens (tertiary/aromatic N) is 3. The van der Waals surface area contributed by atoms with Gasteiger partial charge in [-0.05, 0) is 43.4 Å². The summed E-state index contributed by atoms with van der Waals surface area (Å²) in [6.45, 7) is 3.09. The van der Waals surface area contributed by atoms with Gasteiger partial charge in [0.2, 0.25) is 0 Å². The zero-order chi connectivity index (χ0) is 10.4. The van der Waals surface area contributed by atoms with Crippen molar-refractivity contribution in [2.45, 2.75) is 26.3 Å². The molecule has 1 aromatic carbocycles. The lowest BCUT2D eigenvalue weighted by molar-refractivity contribution is 0.559. The summed E-state index contributed by atoms with van der Waals surface area (Å²) in [4.78, 5) is 0. The van der Waals surface area contributed by atoms with Crippen LogP contribution < -0.4 is 0 Å². The smallest absolute Gasteiger partial charge is 0.113 e. The number of benzene rings is 1. The summed E-state index contributed by atoms with van der Waals surface area (Å²) in [5.74, 6) is 0.829. The third-order valence-electron chi connectivity index (χ3n) is 2.92. The Balaban J connectivity index is 2.10. The highest BCUT2D eigenvalue weighted by molar-refractivity contribution is 9.10. The first-order chi connectivity index (χ1) is 7.24. The van der Waals surface area contributed by atoms with E-state index in [4.69, 9.17) is 0 Å². The minimum Gasteiger partial charge on any atom is -0.244 e. The van der Waals surface area contributed by atoms with Gasteiger partial charge in [0.05, 0.1) is 5.52 Å². The van der Waals surface area contributed by atoms with Crippen LogP contribution in [0.4, 0.5) is 0 Å². The van der Waals surface area contributed by atoms with Gasteiger partial charge in [-0.15, -0.1) is 5.10 Å². The zero-order valence-electron chi connectivity index (χ0n) is 8.57. The van der Waals surface area contributed by atoms with Gasteiger partial charge in [0.25, 0.3) is 0 Å². The number of aromatic nitrogens is 3. The van der Waals surface area contributed by atoms with Gasteiger partial charge < -0.3 is 0 Å². The minimum atomic E-state index is 0.829. The Hall–Kier alpha value is -0.900. The molecule has 0 saturated heterocycles. The molecule has 1 heterocycles. The second-order valence-electron chi connectivity index (χ2n) is 4.31. The lowest BCUT2D eigenvalue weighted by Gasteiger charge is -2.01. The van der Waals surface area contributed by atoms with Crippen molar-refractivity contribution >= 4 is 27.0 Å². The lowest BCUT2D eigenvalue weighted by Crippen LogP contribution is -2.01. The van der Waals surface area contributed by atoms with E-state index >= 15 is 0 Å². The van der Waals surface area contributed by atoms with Crippen LogP contribution in [0, 0.1) is 12.8 Å². The van der Waals surface area contributed by atoms with E-state index in [1.165, 1.54) is 18.4 Å². The maximum Gasteiger partial charge on any atom is 0.113 e. The molecule has 78 valence electrons. The monoisotopic (exact) mass is 265 g/mol. The molecule has 0 amide bonds. The Bertz CT molecular complexity index is 514. The van der Waals surface area contributed by atoms with Gasteiger partial charge in [0, 0.05) is 11.0 Å². The summed E-state index contributed by atoms with van der Waals surface area (Å²) >= 11 is 3.55. The van der Waals surface area contributed by atoms with Crippen molar-refractivity contribution < 1.29 is 0 Å². The van der Waals surface area contributed by atoms with Crippen LogP contribution in [0.3, 0.4) is 0 Å². The molecular formula is C11H12BrN3. The highest BCUT2D eigenvalue weighted by Crippen LogP contribution is 2.31. The van der Waals surface area contributed by atoms with E-state index in [-0.39, 0.29) is 0 Å². The molecule has 2 aromatic rings. The fourth-order valence-electron chi connectivity index (χ4n) is 1.77. The highest BCUT2D eigenvalue weighted by atomic mass is 79.9. The number of hydrogen-bond acceptors (Lipinski definition) is 2. The van der Waals surface area contributed by atoms with Crippen LogP contribution >= 0.6 is 15.9 Å². The predicted molar refractivity (Wildman–Crippen MR) is 62.7 cm³/mol. The number of halogens is 1. The lowest BCUT2D eigenvalue weighted by atomic mass is 10.2. The molecule has 1 aliphatic carbocycles. The van der Waals surface area contributed by atoms with Crippen molar-refractivity contribution in [1.82, 2.24) is 15.0 Å². The van der Waals surface area contributed by atoms with E-state index in [2.05, 4.69) is 45.3 Å². The SMILES string of the molecule is Cc1cc2nnn(CC3CC3)c2cc1Br. The average Bonchev–Trinajstić information content (AvgIpc) is 2.94. The molecule has 0 aliphatic heterocycles. The molecule has 1 aromatic heterocycles. The molecule has 4 heteroatoms. The van der Waals surface area contributed by atoms with Gasteiger partial charge in [-0.2, -0.15) is 0 Å². The van der Waals surface area contributed by atoms with Gasteiger partial charge in [0.1, 0.15) is 5.52 Å². The second-order valence-corrected chi connectivity index (χ2v) is 5.16. The molecule has 3 nitrogen and oxygen atoms in total. The van der Waals surface area contributed by atoms with Crippen molar-refractivity contribution in [2.24, 2.45) is 5.92 Å². The molecule has 3 rings (SSSR count).